The van der Waals surface area contributed by atoms with Gasteiger partial charge in [0.1, 0.15) is 0 Å². The normalized spacial score (nSPS) is 10.9. The molecule has 3 nitrogen and oxygen atoms in total. The maximum absolute atomic E-state index is 4.77. The molecule has 0 bridgehead atoms. The van der Waals surface area contributed by atoms with Crippen molar-refractivity contribution in [1.29, 1.82) is 0 Å². The van der Waals surface area contributed by atoms with Gasteiger partial charge < -0.3 is 4.90 Å². The van der Waals surface area contributed by atoms with Gasteiger partial charge in [0.25, 0.3) is 0 Å². The van der Waals surface area contributed by atoms with Gasteiger partial charge in [0.15, 0.2) is 0 Å². The maximum atomic E-state index is 4.77. The molecule has 0 spiro atoms. The summed E-state index contributed by atoms with van der Waals surface area (Å²) in [6.07, 6.45) is 1.90. The summed E-state index contributed by atoms with van der Waals surface area (Å²) in [5, 5.41) is 6.72. The highest BCUT2D eigenvalue weighted by molar-refractivity contribution is 5.82. The largest absolute Gasteiger partial charge is 0.345 e. The second-order valence-electron chi connectivity index (χ2n) is 7.21. The minimum atomic E-state index is 1.02. The smallest absolute Gasteiger partial charge is 0.0652 e. The minimum absolute atomic E-state index is 1.02. The zero-order valence-corrected chi connectivity index (χ0v) is 17.3. The van der Waals surface area contributed by atoms with Gasteiger partial charge in [-0.3, -0.25) is 0 Å². The van der Waals surface area contributed by atoms with Crippen molar-refractivity contribution < 1.29 is 0 Å². The van der Waals surface area contributed by atoms with Gasteiger partial charge >= 0.3 is 0 Å². The summed E-state index contributed by atoms with van der Waals surface area (Å²) in [4.78, 5) is 2.18. The summed E-state index contributed by atoms with van der Waals surface area (Å²) in [6, 6.07) is 37.3. The molecule has 30 heavy (non-hydrogen) atoms. The summed E-state index contributed by atoms with van der Waals surface area (Å²) in [7, 11) is 2.08. The first-order chi connectivity index (χ1) is 14.7. The highest BCUT2D eigenvalue weighted by atomic mass is 15.5. The third kappa shape index (κ3) is 4.58. The van der Waals surface area contributed by atoms with Crippen LogP contribution in [0, 0.1) is 6.92 Å². The highest BCUT2D eigenvalue weighted by Gasteiger charge is 2.07. The monoisotopic (exact) mass is 391 g/mol. The average Bonchev–Trinajstić information content (AvgIpc) is 2.81. The Morgan fingerprint density at radius 2 is 1.03 bits per heavy atom. The van der Waals surface area contributed by atoms with E-state index in [1.165, 1.54) is 11.3 Å². The Labute approximate surface area is 178 Å². The van der Waals surface area contributed by atoms with Crippen molar-refractivity contribution in [2.24, 2.45) is 5.10 Å². The van der Waals surface area contributed by atoms with E-state index in [2.05, 4.69) is 91.7 Å². The Hall–Kier alpha value is -3.85. The van der Waals surface area contributed by atoms with Crippen LogP contribution in [0.2, 0.25) is 0 Å². The molecule has 0 atom stereocenters. The van der Waals surface area contributed by atoms with Gasteiger partial charge in [0.2, 0.25) is 0 Å². The van der Waals surface area contributed by atoms with Crippen LogP contribution in [0.5, 0.6) is 0 Å². The van der Waals surface area contributed by atoms with Crippen LogP contribution in [0.25, 0.3) is 0 Å². The van der Waals surface area contributed by atoms with Crippen molar-refractivity contribution in [2.75, 3.05) is 17.0 Å². The number of hydrogen-bond donors (Lipinski definition) is 0. The standard InChI is InChI=1S/C27H25N3/c1-22-13-17-24(18-14-22)29(2)25-19-15-23(16-20-25)21-28-30(26-9-5-3-6-10-26)27-11-7-4-8-12-27/h3-21H,1-2H3. The van der Waals surface area contributed by atoms with Crippen molar-refractivity contribution in [3.63, 3.8) is 0 Å². The van der Waals surface area contributed by atoms with Gasteiger partial charge in [0.05, 0.1) is 17.6 Å². The SMILES string of the molecule is Cc1ccc(N(C)c2ccc(C=NN(c3ccccc3)c3ccccc3)cc2)cc1. The molecule has 148 valence electrons. The predicted molar refractivity (Wildman–Crippen MR) is 128 cm³/mol. The molecule has 0 aliphatic rings. The zero-order valence-electron chi connectivity index (χ0n) is 17.3. The third-order valence-corrected chi connectivity index (χ3v) is 5.03. The number of hydrogen-bond acceptors (Lipinski definition) is 3. The van der Waals surface area contributed by atoms with Crippen LogP contribution in [0.4, 0.5) is 22.7 Å². The lowest BCUT2D eigenvalue weighted by Gasteiger charge is -2.20. The van der Waals surface area contributed by atoms with Gasteiger partial charge in [-0.1, -0.05) is 66.2 Å². The van der Waals surface area contributed by atoms with Crippen LogP contribution in [0.3, 0.4) is 0 Å². The molecule has 0 aromatic heterocycles. The maximum Gasteiger partial charge on any atom is 0.0652 e. The van der Waals surface area contributed by atoms with Gasteiger partial charge in [0, 0.05) is 18.4 Å². The predicted octanol–water partition coefficient (Wildman–Crippen LogP) is 6.94. The lowest BCUT2D eigenvalue weighted by atomic mass is 10.2. The lowest BCUT2D eigenvalue weighted by Crippen LogP contribution is -2.10. The number of aryl methyl sites for hydroxylation is 1. The second-order valence-corrected chi connectivity index (χ2v) is 7.21. The third-order valence-electron chi connectivity index (χ3n) is 5.03. The molecule has 4 aromatic rings. The second kappa shape index (κ2) is 9.10. The van der Waals surface area contributed by atoms with Crippen molar-refractivity contribution in [3.05, 3.63) is 120 Å². The molecule has 0 radical (unpaired) electrons. The van der Waals surface area contributed by atoms with Gasteiger partial charge in [-0.15, -0.1) is 0 Å². The summed E-state index contributed by atoms with van der Waals surface area (Å²) in [5.41, 5.74) is 6.67. The van der Waals surface area contributed by atoms with Crippen molar-refractivity contribution in [2.45, 2.75) is 6.92 Å². The first kappa shape index (κ1) is 19.5. The molecule has 4 aromatic carbocycles. The summed E-state index contributed by atoms with van der Waals surface area (Å²) >= 11 is 0. The molecule has 0 heterocycles. The zero-order chi connectivity index (χ0) is 20.8. The number of anilines is 4. The van der Waals surface area contributed by atoms with E-state index in [0.717, 1.165) is 22.6 Å². The van der Waals surface area contributed by atoms with E-state index in [1.807, 2.05) is 47.6 Å². The molecule has 0 N–H and O–H groups in total. The fourth-order valence-electron chi connectivity index (χ4n) is 3.25. The topological polar surface area (TPSA) is 18.8 Å². The van der Waals surface area contributed by atoms with E-state index in [4.69, 9.17) is 5.10 Å². The average molecular weight is 392 g/mol. The Morgan fingerprint density at radius 1 is 0.567 bits per heavy atom. The molecular formula is C27H25N3. The van der Waals surface area contributed by atoms with E-state index in [-0.39, 0.29) is 0 Å². The number of benzene rings is 4. The first-order valence-corrected chi connectivity index (χ1v) is 10.1. The minimum Gasteiger partial charge on any atom is -0.345 e. The summed E-state index contributed by atoms with van der Waals surface area (Å²) < 4.78 is 0. The Morgan fingerprint density at radius 3 is 1.53 bits per heavy atom. The summed E-state index contributed by atoms with van der Waals surface area (Å²) in [5.74, 6) is 0. The molecule has 0 aliphatic heterocycles. The highest BCUT2D eigenvalue weighted by Crippen LogP contribution is 2.26. The molecule has 0 saturated heterocycles. The Bertz CT molecular complexity index is 1050. The molecule has 3 heteroatoms. The van der Waals surface area contributed by atoms with E-state index >= 15 is 0 Å². The number of hydrazone groups is 1. The Kier molecular flexibility index (Phi) is 5.90. The van der Waals surface area contributed by atoms with Gasteiger partial charge in [-0.2, -0.15) is 5.10 Å². The number of rotatable bonds is 6. The van der Waals surface area contributed by atoms with E-state index in [9.17, 15) is 0 Å². The number of para-hydroxylation sites is 2. The molecule has 0 amide bonds. The van der Waals surface area contributed by atoms with Crippen LogP contribution in [0.15, 0.2) is 114 Å². The number of nitrogens with zero attached hydrogens (tertiary/aromatic N) is 3. The van der Waals surface area contributed by atoms with Crippen LogP contribution in [-0.4, -0.2) is 13.3 Å². The van der Waals surface area contributed by atoms with Crippen molar-refractivity contribution >= 4 is 29.0 Å². The fourth-order valence-corrected chi connectivity index (χ4v) is 3.25. The van der Waals surface area contributed by atoms with Crippen LogP contribution < -0.4 is 9.91 Å². The molecule has 0 unspecified atom stereocenters. The van der Waals surface area contributed by atoms with Gasteiger partial charge in [-0.05, 0) is 61.0 Å². The van der Waals surface area contributed by atoms with E-state index in [1.54, 1.807) is 0 Å². The van der Waals surface area contributed by atoms with Crippen molar-refractivity contribution in [3.8, 4) is 0 Å². The molecule has 4 rings (SSSR count). The molecule has 0 aliphatic carbocycles. The molecule has 0 fully saturated rings. The lowest BCUT2D eigenvalue weighted by molar-refractivity contribution is 1.09. The van der Waals surface area contributed by atoms with E-state index in [0.29, 0.717) is 0 Å². The van der Waals surface area contributed by atoms with Crippen LogP contribution in [0.1, 0.15) is 11.1 Å². The summed E-state index contributed by atoms with van der Waals surface area (Å²) in [6.45, 7) is 2.10. The molecular weight excluding hydrogens is 366 g/mol. The molecule has 0 saturated carbocycles. The van der Waals surface area contributed by atoms with Crippen molar-refractivity contribution in [1.82, 2.24) is 0 Å². The van der Waals surface area contributed by atoms with Crippen LogP contribution >= 0.6 is 0 Å². The van der Waals surface area contributed by atoms with Crippen LogP contribution in [-0.2, 0) is 0 Å². The van der Waals surface area contributed by atoms with E-state index < -0.39 is 0 Å². The Balaban J connectivity index is 1.55. The fraction of sp³-hybridized carbons (Fsp3) is 0.0741. The first-order valence-electron chi connectivity index (χ1n) is 10.1. The quantitative estimate of drug-likeness (QED) is 0.262. The van der Waals surface area contributed by atoms with Gasteiger partial charge in [-0.25, -0.2) is 5.01 Å².